The predicted molar refractivity (Wildman–Crippen MR) is 133 cm³/mol. The number of aryl methyl sites for hydroxylation is 2. The second-order valence-corrected chi connectivity index (χ2v) is 8.19. The summed E-state index contributed by atoms with van der Waals surface area (Å²) in [5.74, 6) is -0.292. The van der Waals surface area contributed by atoms with Crippen molar-refractivity contribution in [2.45, 2.75) is 32.6 Å². The van der Waals surface area contributed by atoms with Crippen LogP contribution < -0.4 is 10.2 Å². The first kappa shape index (κ1) is 22.5. The Morgan fingerprint density at radius 3 is 2.42 bits per heavy atom. The molecule has 3 aromatic rings. The van der Waals surface area contributed by atoms with Gasteiger partial charge in [0.15, 0.2) is 0 Å². The highest BCUT2D eigenvalue weighted by Gasteiger charge is 2.26. The lowest BCUT2D eigenvalue weighted by Crippen LogP contribution is -2.41. The van der Waals surface area contributed by atoms with Crippen LogP contribution in [0.1, 0.15) is 36.5 Å². The van der Waals surface area contributed by atoms with Gasteiger partial charge in [0.05, 0.1) is 23.5 Å². The molecule has 33 heavy (non-hydrogen) atoms. The molecule has 0 saturated carbocycles. The first-order valence-corrected chi connectivity index (χ1v) is 11.5. The third kappa shape index (κ3) is 5.75. The van der Waals surface area contributed by atoms with Crippen LogP contribution in [-0.4, -0.2) is 30.6 Å². The van der Waals surface area contributed by atoms with Crippen molar-refractivity contribution >= 4 is 28.9 Å². The number of para-hydroxylation sites is 2. The van der Waals surface area contributed by atoms with Crippen LogP contribution in [0.2, 0.25) is 0 Å². The zero-order chi connectivity index (χ0) is 23.0. The number of carbonyl (C=O) groups is 2. The Kier molecular flexibility index (Phi) is 7.30. The highest BCUT2D eigenvalue weighted by atomic mass is 16.2. The molecular weight excluding hydrogens is 410 g/mol. The average molecular weight is 440 g/mol. The van der Waals surface area contributed by atoms with Gasteiger partial charge in [0.1, 0.15) is 6.54 Å². The summed E-state index contributed by atoms with van der Waals surface area (Å²) in [6, 6.07) is 25.9. The van der Waals surface area contributed by atoms with Gasteiger partial charge in [-0.2, -0.15) is 0 Å². The molecule has 0 aliphatic carbocycles. The molecule has 0 aromatic heterocycles. The summed E-state index contributed by atoms with van der Waals surface area (Å²) in [6.45, 7) is 2.67. The highest BCUT2D eigenvalue weighted by molar-refractivity contribution is 6.18. The van der Waals surface area contributed by atoms with Crippen LogP contribution in [0.3, 0.4) is 0 Å². The molecule has 0 unspecified atom stereocenters. The molecule has 1 N–H and O–H groups in total. The maximum absolute atomic E-state index is 13.2. The van der Waals surface area contributed by atoms with E-state index in [4.69, 9.17) is 4.99 Å². The van der Waals surface area contributed by atoms with Gasteiger partial charge < -0.3 is 10.2 Å². The van der Waals surface area contributed by atoms with Crippen LogP contribution in [0, 0.1) is 0 Å². The molecule has 0 saturated heterocycles. The minimum atomic E-state index is -0.165. The lowest BCUT2D eigenvalue weighted by molar-refractivity contribution is -0.123. The average Bonchev–Trinajstić information content (AvgIpc) is 2.99. The molecule has 1 aliphatic rings. The standard InChI is InChI=1S/C28H29N3O2/c1-2-21-14-16-23(17-15-21)25-19-28(33)31(26-13-7-6-12-24(26)30-25)20-27(32)29-18-8-11-22-9-4-3-5-10-22/h3-7,9-10,12-17H,2,8,11,18-20H2,1H3,(H,29,32). The molecule has 0 radical (unpaired) electrons. The number of aliphatic imine (C=N–C) groups is 1. The van der Waals surface area contributed by atoms with Crippen molar-refractivity contribution in [3.05, 3.63) is 95.6 Å². The monoisotopic (exact) mass is 439 g/mol. The predicted octanol–water partition coefficient (Wildman–Crippen LogP) is 4.86. The summed E-state index contributed by atoms with van der Waals surface area (Å²) in [6.07, 6.45) is 2.87. The second-order valence-electron chi connectivity index (χ2n) is 8.19. The number of hydrogen-bond donors (Lipinski definition) is 1. The lowest BCUT2D eigenvalue weighted by atomic mass is 10.0. The fourth-order valence-corrected chi connectivity index (χ4v) is 3.98. The number of anilines is 1. The first-order valence-electron chi connectivity index (χ1n) is 11.5. The Morgan fingerprint density at radius 2 is 1.67 bits per heavy atom. The summed E-state index contributed by atoms with van der Waals surface area (Å²) < 4.78 is 0. The van der Waals surface area contributed by atoms with Crippen LogP contribution in [0.15, 0.2) is 83.9 Å². The van der Waals surface area contributed by atoms with Crippen molar-refractivity contribution in [3.63, 3.8) is 0 Å². The van der Waals surface area contributed by atoms with Crippen LogP contribution in [0.4, 0.5) is 11.4 Å². The van der Waals surface area contributed by atoms with Gasteiger partial charge in [-0.3, -0.25) is 14.6 Å². The molecule has 1 aliphatic heterocycles. The molecule has 0 spiro atoms. The molecule has 5 heteroatoms. The Bertz CT molecular complexity index is 1140. The van der Waals surface area contributed by atoms with Crippen molar-refractivity contribution in [2.75, 3.05) is 18.0 Å². The summed E-state index contributed by atoms with van der Waals surface area (Å²) >= 11 is 0. The normalized spacial score (nSPS) is 13.2. The molecule has 2 amide bonds. The van der Waals surface area contributed by atoms with E-state index in [9.17, 15) is 9.59 Å². The molecular formula is C28H29N3O2. The molecule has 168 valence electrons. The van der Waals surface area contributed by atoms with Crippen molar-refractivity contribution in [1.82, 2.24) is 5.32 Å². The van der Waals surface area contributed by atoms with E-state index in [1.807, 2.05) is 54.6 Å². The number of nitrogens with one attached hydrogen (secondary N) is 1. The van der Waals surface area contributed by atoms with Crippen molar-refractivity contribution in [1.29, 1.82) is 0 Å². The number of nitrogens with zero attached hydrogens (tertiary/aromatic N) is 2. The summed E-state index contributed by atoms with van der Waals surface area (Å²) in [4.78, 5) is 32.2. The van der Waals surface area contributed by atoms with E-state index in [-0.39, 0.29) is 24.8 Å². The second kappa shape index (κ2) is 10.7. The topological polar surface area (TPSA) is 61.8 Å². The zero-order valence-electron chi connectivity index (χ0n) is 19.0. The smallest absolute Gasteiger partial charge is 0.240 e. The van der Waals surface area contributed by atoms with Crippen LogP contribution in [-0.2, 0) is 22.4 Å². The molecule has 5 nitrogen and oxygen atoms in total. The Labute approximate surface area is 195 Å². The van der Waals surface area contributed by atoms with Gasteiger partial charge in [-0.05, 0) is 48.1 Å². The quantitative estimate of drug-likeness (QED) is 0.510. The number of carbonyl (C=O) groups excluding carboxylic acids is 2. The van der Waals surface area contributed by atoms with Gasteiger partial charge in [0.25, 0.3) is 0 Å². The largest absolute Gasteiger partial charge is 0.355 e. The van der Waals surface area contributed by atoms with E-state index in [1.54, 1.807) is 4.90 Å². The van der Waals surface area contributed by atoms with E-state index in [2.05, 4.69) is 36.5 Å². The molecule has 1 heterocycles. The Balaban J connectivity index is 1.43. The third-order valence-electron chi connectivity index (χ3n) is 5.85. The molecule has 3 aromatic carbocycles. The number of fused-ring (bicyclic) bond motifs is 1. The fraction of sp³-hybridized carbons (Fsp3) is 0.250. The maximum Gasteiger partial charge on any atom is 0.240 e. The third-order valence-corrected chi connectivity index (χ3v) is 5.85. The highest BCUT2D eigenvalue weighted by Crippen LogP contribution is 2.32. The first-order chi connectivity index (χ1) is 16.1. The van der Waals surface area contributed by atoms with Gasteiger partial charge in [0.2, 0.25) is 11.8 Å². The number of hydrogen-bond acceptors (Lipinski definition) is 3. The molecule has 0 atom stereocenters. The molecule has 4 rings (SSSR count). The SMILES string of the molecule is CCc1ccc(C2=Nc3ccccc3N(CC(=O)NCCCc3ccccc3)C(=O)C2)cc1. The van der Waals surface area contributed by atoms with Crippen LogP contribution >= 0.6 is 0 Å². The minimum absolute atomic E-state index is 0.0151. The van der Waals surface area contributed by atoms with E-state index in [0.717, 1.165) is 30.5 Å². The van der Waals surface area contributed by atoms with Crippen LogP contribution in [0.25, 0.3) is 0 Å². The van der Waals surface area contributed by atoms with Crippen molar-refractivity contribution in [2.24, 2.45) is 4.99 Å². The fourth-order valence-electron chi connectivity index (χ4n) is 3.98. The summed E-state index contributed by atoms with van der Waals surface area (Å²) in [5.41, 5.74) is 5.52. The van der Waals surface area contributed by atoms with Crippen molar-refractivity contribution in [3.8, 4) is 0 Å². The Morgan fingerprint density at radius 1 is 0.939 bits per heavy atom. The summed E-state index contributed by atoms with van der Waals surface area (Å²) in [5, 5.41) is 2.96. The van der Waals surface area contributed by atoms with Gasteiger partial charge in [-0.15, -0.1) is 0 Å². The molecule has 0 bridgehead atoms. The van der Waals surface area contributed by atoms with E-state index in [1.165, 1.54) is 11.1 Å². The number of rotatable bonds is 8. The minimum Gasteiger partial charge on any atom is -0.355 e. The maximum atomic E-state index is 13.2. The van der Waals surface area contributed by atoms with Crippen LogP contribution in [0.5, 0.6) is 0 Å². The van der Waals surface area contributed by atoms with E-state index in [0.29, 0.717) is 17.9 Å². The van der Waals surface area contributed by atoms with Gasteiger partial charge >= 0.3 is 0 Å². The van der Waals surface area contributed by atoms with E-state index >= 15 is 0 Å². The summed E-state index contributed by atoms with van der Waals surface area (Å²) in [7, 11) is 0. The molecule has 0 fully saturated rings. The van der Waals surface area contributed by atoms with E-state index < -0.39 is 0 Å². The van der Waals surface area contributed by atoms with Gasteiger partial charge in [0, 0.05) is 6.54 Å². The zero-order valence-corrected chi connectivity index (χ0v) is 19.0. The Hall–Kier alpha value is -3.73. The van der Waals surface area contributed by atoms with Crippen molar-refractivity contribution < 1.29 is 9.59 Å². The number of amides is 2. The van der Waals surface area contributed by atoms with Gasteiger partial charge in [-0.25, -0.2) is 0 Å². The lowest BCUT2D eigenvalue weighted by Gasteiger charge is -2.22. The number of benzene rings is 3. The van der Waals surface area contributed by atoms with Gasteiger partial charge in [-0.1, -0.05) is 73.7 Å².